The smallest absolute Gasteiger partial charge is 0.239 e. The van der Waals surface area contributed by atoms with Crippen LogP contribution in [0.4, 0.5) is 5.82 Å². The number of pyridine rings is 1. The Morgan fingerprint density at radius 2 is 2.00 bits per heavy atom. The van der Waals surface area contributed by atoms with Gasteiger partial charge in [-0.1, -0.05) is 12.1 Å². The number of carbonyl (C=O) groups is 1. The fourth-order valence-corrected chi connectivity index (χ4v) is 2.66. The second kappa shape index (κ2) is 7.53. The summed E-state index contributed by atoms with van der Waals surface area (Å²) in [5.74, 6) is 2.00. The van der Waals surface area contributed by atoms with Crippen LogP contribution in [0.15, 0.2) is 36.5 Å². The lowest BCUT2D eigenvalue weighted by molar-refractivity contribution is -0.117. The minimum Gasteiger partial charge on any atom is -0.486 e. The molecule has 6 nitrogen and oxygen atoms in total. The topological polar surface area (TPSA) is 63.7 Å². The average Bonchev–Trinajstić information content (AvgIpc) is 2.62. The van der Waals surface area contributed by atoms with E-state index >= 15 is 0 Å². The van der Waals surface area contributed by atoms with Gasteiger partial charge in [0.05, 0.1) is 6.54 Å². The molecule has 1 atom stereocenters. The van der Waals surface area contributed by atoms with Crippen molar-refractivity contribution in [3.63, 3.8) is 0 Å². The number of carbonyl (C=O) groups excluding carboxylic acids is 1. The van der Waals surface area contributed by atoms with Crippen LogP contribution in [0.2, 0.25) is 0 Å². The highest BCUT2D eigenvalue weighted by atomic mass is 16.6. The van der Waals surface area contributed by atoms with Gasteiger partial charge in [-0.25, -0.2) is 4.98 Å². The third kappa shape index (κ3) is 4.28. The van der Waals surface area contributed by atoms with E-state index in [4.69, 9.17) is 9.47 Å². The Labute approximate surface area is 147 Å². The number of benzene rings is 1. The first-order valence-electron chi connectivity index (χ1n) is 8.35. The first-order valence-corrected chi connectivity index (χ1v) is 8.35. The van der Waals surface area contributed by atoms with E-state index in [1.807, 2.05) is 43.1 Å². The number of aryl methyl sites for hydroxylation is 1. The zero-order chi connectivity index (χ0) is 17.8. The van der Waals surface area contributed by atoms with Gasteiger partial charge in [0.25, 0.3) is 0 Å². The molecule has 2 aromatic rings. The number of anilines is 1. The molecule has 25 heavy (non-hydrogen) atoms. The lowest BCUT2D eigenvalue weighted by Gasteiger charge is -2.26. The second-order valence-corrected chi connectivity index (χ2v) is 6.26. The molecule has 132 valence electrons. The summed E-state index contributed by atoms with van der Waals surface area (Å²) in [6.07, 6.45) is 1.73. The summed E-state index contributed by atoms with van der Waals surface area (Å²) >= 11 is 0. The highest BCUT2D eigenvalue weighted by Crippen LogP contribution is 2.33. The highest BCUT2D eigenvalue weighted by molar-refractivity contribution is 5.91. The van der Waals surface area contributed by atoms with Crippen LogP contribution in [0.1, 0.15) is 24.1 Å². The van der Waals surface area contributed by atoms with E-state index < -0.39 is 0 Å². The standard InChI is InChI=1S/C19H23N3O3/c1-13-4-7-18(20-11-13)21-19(23)12-22(3)14(2)15-5-6-16-17(10-15)25-9-8-24-16/h4-7,10-11,14H,8-9,12H2,1-3H3,(H,20,21,23). The fraction of sp³-hybridized carbons (Fsp3) is 0.368. The molecule has 1 aromatic carbocycles. The van der Waals surface area contributed by atoms with Gasteiger partial charge in [0.15, 0.2) is 11.5 Å². The summed E-state index contributed by atoms with van der Waals surface area (Å²) < 4.78 is 11.2. The van der Waals surface area contributed by atoms with Crippen molar-refractivity contribution in [2.24, 2.45) is 0 Å². The summed E-state index contributed by atoms with van der Waals surface area (Å²) in [7, 11) is 1.92. The summed E-state index contributed by atoms with van der Waals surface area (Å²) in [6, 6.07) is 9.70. The Kier molecular flexibility index (Phi) is 5.19. The Morgan fingerprint density at radius 3 is 2.72 bits per heavy atom. The molecule has 1 unspecified atom stereocenters. The monoisotopic (exact) mass is 341 g/mol. The molecule has 1 aliphatic rings. The maximum Gasteiger partial charge on any atom is 0.239 e. The molecule has 1 aromatic heterocycles. The Bertz CT molecular complexity index is 746. The maximum absolute atomic E-state index is 12.2. The number of rotatable bonds is 5. The van der Waals surface area contributed by atoms with Gasteiger partial charge in [-0.3, -0.25) is 9.69 Å². The molecule has 0 radical (unpaired) electrons. The summed E-state index contributed by atoms with van der Waals surface area (Å²) in [5, 5.41) is 2.82. The molecule has 0 bridgehead atoms. The number of hydrogen-bond donors (Lipinski definition) is 1. The van der Waals surface area contributed by atoms with E-state index in [0.717, 1.165) is 22.6 Å². The van der Waals surface area contributed by atoms with Gasteiger partial charge in [-0.05, 0) is 50.2 Å². The molecule has 0 fully saturated rings. The van der Waals surface area contributed by atoms with E-state index in [2.05, 4.69) is 17.2 Å². The molecule has 1 amide bonds. The highest BCUT2D eigenvalue weighted by Gasteiger charge is 2.18. The van der Waals surface area contributed by atoms with Crippen molar-refractivity contribution in [3.05, 3.63) is 47.7 Å². The molecular weight excluding hydrogens is 318 g/mol. The van der Waals surface area contributed by atoms with Crippen LogP contribution < -0.4 is 14.8 Å². The van der Waals surface area contributed by atoms with Crippen LogP contribution in [0.25, 0.3) is 0 Å². The van der Waals surface area contributed by atoms with Crippen molar-refractivity contribution in [3.8, 4) is 11.5 Å². The number of nitrogens with one attached hydrogen (secondary N) is 1. The van der Waals surface area contributed by atoms with Gasteiger partial charge in [0.2, 0.25) is 5.91 Å². The molecular formula is C19H23N3O3. The van der Waals surface area contributed by atoms with Crippen LogP contribution in [0, 0.1) is 6.92 Å². The lowest BCUT2D eigenvalue weighted by Crippen LogP contribution is -2.32. The van der Waals surface area contributed by atoms with Crippen LogP contribution in [0.5, 0.6) is 11.5 Å². The number of nitrogens with zero attached hydrogens (tertiary/aromatic N) is 2. The van der Waals surface area contributed by atoms with Crippen molar-refractivity contribution in [1.29, 1.82) is 0 Å². The normalized spacial score (nSPS) is 14.2. The zero-order valence-corrected chi connectivity index (χ0v) is 14.8. The average molecular weight is 341 g/mol. The van der Waals surface area contributed by atoms with Gasteiger partial charge in [0, 0.05) is 12.2 Å². The van der Waals surface area contributed by atoms with Gasteiger partial charge < -0.3 is 14.8 Å². The number of likely N-dealkylation sites (N-methyl/N-ethyl adjacent to an activating group) is 1. The van der Waals surface area contributed by atoms with E-state index in [1.165, 1.54) is 0 Å². The number of aromatic nitrogens is 1. The van der Waals surface area contributed by atoms with Crippen molar-refractivity contribution >= 4 is 11.7 Å². The third-order valence-electron chi connectivity index (χ3n) is 4.28. The van der Waals surface area contributed by atoms with Gasteiger partial charge >= 0.3 is 0 Å². The van der Waals surface area contributed by atoms with E-state index in [1.54, 1.807) is 12.3 Å². The SMILES string of the molecule is Cc1ccc(NC(=O)CN(C)C(C)c2ccc3c(c2)OCCO3)nc1. The van der Waals surface area contributed by atoms with Crippen LogP contribution in [-0.2, 0) is 4.79 Å². The molecule has 0 saturated heterocycles. The van der Waals surface area contributed by atoms with E-state index in [-0.39, 0.29) is 18.5 Å². The number of amides is 1. The quantitative estimate of drug-likeness (QED) is 0.906. The number of hydrogen-bond acceptors (Lipinski definition) is 5. The van der Waals surface area contributed by atoms with Crippen LogP contribution in [-0.4, -0.2) is 42.6 Å². The zero-order valence-electron chi connectivity index (χ0n) is 14.8. The second-order valence-electron chi connectivity index (χ2n) is 6.26. The molecule has 0 spiro atoms. The molecule has 0 saturated carbocycles. The number of ether oxygens (including phenoxy) is 2. The van der Waals surface area contributed by atoms with Crippen molar-refractivity contribution in [2.45, 2.75) is 19.9 Å². The minimum atomic E-state index is -0.0942. The summed E-state index contributed by atoms with van der Waals surface area (Å²) in [4.78, 5) is 18.4. The maximum atomic E-state index is 12.2. The fourth-order valence-electron chi connectivity index (χ4n) is 2.66. The van der Waals surface area contributed by atoms with Crippen molar-refractivity contribution in [1.82, 2.24) is 9.88 Å². The lowest BCUT2D eigenvalue weighted by atomic mass is 10.1. The van der Waals surface area contributed by atoms with Crippen molar-refractivity contribution < 1.29 is 14.3 Å². The first-order chi connectivity index (χ1) is 12.0. The molecule has 1 N–H and O–H groups in total. The molecule has 2 heterocycles. The predicted octanol–water partition coefficient (Wildman–Crippen LogP) is 2.79. The van der Waals surface area contributed by atoms with Gasteiger partial charge in [-0.15, -0.1) is 0 Å². The summed E-state index contributed by atoms with van der Waals surface area (Å²) in [5.41, 5.74) is 2.13. The van der Waals surface area contributed by atoms with E-state index in [0.29, 0.717) is 19.0 Å². The Balaban J connectivity index is 1.61. The Hall–Kier alpha value is -2.60. The van der Waals surface area contributed by atoms with Gasteiger partial charge in [0.1, 0.15) is 19.0 Å². The van der Waals surface area contributed by atoms with E-state index in [9.17, 15) is 4.79 Å². The van der Waals surface area contributed by atoms with Gasteiger partial charge in [-0.2, -0.15) is 0 Å². The summed E-state index contributed by atoms with van der Waals surface area (Å²) in [6.45, 7) is 5.43. The van der Waals surface area contributed by atoms with Crippen LogP contribution in [0.3, 0.4) is 0 Å². The van der Waals surface area contributed by atoms with Crippen molar-refractivity contribution in [2.75, 3.05) is 32.1 Å². The molecule has 1 aliphatic heterocycles. The largest absolute Gasteiger partial charge is 0.486 e. The molecule has 3 rings (SSSR count). The molecule has 0 aliphatic carbocycles. The minimum absolute atomic E-state index is 0.0625. The van der Waals surface area contributed by atoms with Crippen LogP contribution >= 0.6 is 0 Å². The Morgan fingerprint density at radius 1 is 1.24 bits per heavy atom. The predicted molar refractivity (Wildman–Crippen MR) is 96.1 cm³/mol. The third-order valence-corrected chi connectivity index (χ3v) is 4.28. The molecule has 6 heteroatoms. The number of fused-ring (bicyclic) bond motifs is 1. The first kappa shape index (κ1) is 17.2.